The fourth-order valence-corrected chi connectivity index (χ4v) is 4.31. The third-order valence-corrected chi connectivity index (χ3v) is 5.81. The van der Waals surface area contributed by atoms with E-state index in [1.54, 1.807) is 0 Å². The normalized spacial score (nSPS) is 23.5. The van der Waals surface area contributed by atoms with E-state index in [1.165, 1.54) is 29.6 Å². The lowest BCUT2D eigenvalue weighted by molar-refractivity contribution is -0.125. The van der Waals surface area contributed by atoms with Gasteiger partial charge in [0.05, 0.1) is 11.6 Å². The second kappa shape index (κ2) is 6.00. The highest BCUT2D eigenvalue weighted by Gasteiger charge is 2.32. The van der Waals surface area contributed by atoms with E-state index < -0.39 is 0 Å². The van der Waals surface area contributed by atoms with Gasteiger partial charge in [-0.3, -0.25) is 4.79 Å². The van der Waals surface area contributed by atoms with Crippen molar-refractivity contribution in [3.05, 3.63) is 23.7 Å². The van der Waals surface area contributed by atoms with E-state index >= 15 is 0 Å². The van der Waals surface area contributed by atoms with Gasteiger partial charge in [0.1, 0.15) is 5.52 Å². The summed E-state index contributed by atoms with van der Waals surface area (Å²) in [6.07, 6.45) is 12.7. The molecule has 3 heterocycles. The molecule has 1 atom stereocenters. The van der Waals surface area contributed by atoms with Crippen LogP contribution < -0.4 is 10.2 Å². The molecule has 1 unspecified atom stereocenters. The molecular weight excluding hydrogens is 314 g/mol. The number of amides is 1. The highest BCUT2D eigenvalue weighted by Crippen LogP contribution is 2.32. The monoisotopic (exact) mass is 339 g/mol. The van der Waals surface area contributed by atoms with E-state index in [0.29, 0.717) is 6.04 Å². The molecule has 1 amide bonds. The Kier molecular flexibility index (Phi) is 3.64. The molecule has 6 nitrogen and oxygen atoms in total. The lowest BCUT2D eigenvalue weighted by atomic mass is 9.95. The van der Waals surface area contributed by atoms with Gasteiger partial charge in [-0.05, 0) is 51.4 Å². The lowest BCUT2D eigenvalue weighted by Gasteiger charge is -2.33. The maximum Gasteiger partial charge on any atom is 0.225 e. The van der Waals surface area contributed by atoms with Crippen molar-refractivity contribution in [2.75, 3.05) is 18.0 Å². The molecule has 6 heteroatoms. The van der Waals surface area contributed by atoms with Crippen molar-refractivity contribution < 1.29 is 4.79 Å². The summed E-state index contributed by atoms with van der Waals surface area (Å²) in [5, 5.41) is 7.96. The highest BCUT2D eigenvalue weighted by molar-refractivity contribution is 5.81. The molecular formula is C19H25N5O. The molecule has 1 saturated carbocycles. The van der Waals surface area contributed by atoms with Crippen molar-refractivity contribution in [3.63, 3.8) is 0 Å². The Hall–Kier alpha value is -2.11. The van der Waals surface area contributed by atoms with Gasteiger partial charge in [0.2, 0.25) is 5.91 Å². The number of nitrogens with zero attached hydrogens (tertiary/aromatic N) is 4. The molecule has 132 valence electrons. The summed E-state index contributed by atoms with van der Waals surface area (Å²) >= 11 is 0. The number of fused-ring (bicyclic) bond motifs is 3. The minimum atomic E-state index is 0.0788. The van der Waals surface area contributed by atoms with Crippen molar-refractivity contribution in [2.24, 2.45) is 5.92 Å². The minimum absolute atomic E-state index is 0.0788. The number of nitrogens with one attached hydrogen (secondary N) is 1. The van der Waals surface area contributed by atoms with Crippen LogP contribution in [0.4, 0.5) is 5.82 Å². The maximum absolute atomic E-state index is 12.5. The Morgan fingerprint density at radius 1 is 1.16 bits per heavy atom. The average molecular weight is 339 g/mol. The van der Waals surface area contributed by atoms with E-state index in [-0.39, 0.29) is 11.8 Å². The number of anilines is 1. The summed E-state index contributed by atoms with van der Waals surface area (Å²) in [7, 11) is 0. The van der Waals surface area contributed by atoms with Crippen LogP contribution in [0, 0.1) is 5.92 Å². The third-order valence-electron chi connectivity index (χ3n) is 5.81. The first-order valence-corrected chi connectivity index (χ1v) is 9.70. The van der Waals surface area contributed by atoms with E-state index in [9.17, 15) is 4.79 Å². The fraction of sp³-hybridized carbons (Fsp3) is 0.632. The molecule has 2 aromatic heterocycles. The SMILES string of the molecule is O=C(NC1CC1)C1CCCN(c2nccn3nc4c(c23)CCCC4)C1. The summed E-state index contributed by atoms with van der Waals surface area (Å²) in [5.41, 5.74) is 3.78. The Labute approximate surface area is 147 Å². The maximum atomic E-state index is 12.5. The first-order chi connectivity index (χ1) is 12.3. The number of aryl methyl sites for hydroxylation is 2. The van der Waals surface area contributed by atoms with Crippen LogP contribution in [-0.2, 0) is 17.6 Å². The summed E-state index contributed by atoms with van der Waals surface area (Å²) in [5.74, 6) is 1.33. The molecule has 5 rings (SSSR count). The van der Waals surface area contributed by atoms with Gasteiger partial charge in [-0.15, -0.1) is 0 Å². The van der Waals surface area contributed by atoms with E-state index in [4.69, 9.17) is 10.1 Å². The van der Waals surface area contributed by atoms with Gasteiger partial charge in [0.15, 0.2) is 5.82 Å². The van der Waals surface area contributed by atoms with Gasteiger partial charge in [-0.1, -0.05) is 0 Å². The molecule has 1 aliphatic heterocycles. The first kappa shape index (κ1) is 15.2. The molecule has 0 radical (unpaired) electrons. The lowest BCUT2D eigenvalue weighted by Crippen LogP contribution is -2.44. The van der Waals surface area contributed by atoms with E-state index in [2.05, 4.69) is 10.2 Å². The predicted octanol–water partition coefficient (Wildman–Crippen LogP) is 2.10. The van der Waals surface area contributed by atoms with Crippen LogP contribution in [0.2, 0.25) is 0 Å². The molecule has 2 aromatic rings. The number of piperidine rings is 1. The van der Waals surface area contributed by atoms with E-state index in [1.807, 2.05) is 16.9 Å². The summed E-state index contributed by atoms with van der Waals surface area (Å²) in [4.78, 5) is 19.5. The Bertz CT molecular complexity index is 809. The van der Waals surface area contributed by atoms with Crippen molar-refractivity contribution in [1.82, 2.24) is 19.9 Å². The van der Waals surface area contributed by atoms with Crippen LogP contribution in [0.1, 0.15) is 49.8 Å². The van der Waals surface area contributed by atoms with Gasteiger partial charge in [-0.2, -0.15) is 5.10 Å². The number of carbonyl (C=O) groups excluding carboxylic acids is 1. The van der Waals surface area contributed by atoms with Crippen molar-refractivity contribution >= 4 is 17.2 Å². The number of aromatic nitrogens is 3. The number of hydrogen-bond donors (Lipinski definition) is 1. The molecule has 25 heavy (non-hydrogen) atoms. The topological polar surface area (TPSA) is 62.5 Å². The van der Waals surface area contributed by atoms with Crippen LogP contribution in [0.3, 0.4) is 0 Å². The average Bonchev–Trinajstić information content (AvgIpc) is 3.38. The zero-order valence-electron chi connectivity index (χ0n) is 14.6. The van der Waals surface area contributed by atoms with Crippen LogP contribution in [-0.4, -0.2) is 39.6 Å². The smallest absolute Gasteiger partial charge is 0.225 e. The molecule has 1 saturated heterocycles. The Morgan fingerprint density at radius 2 is 2.04 bits per heavy atom. The fourth-order valence-electron chi connectivity index (χ4n) is 4.31. The predicted molar refractivity (Wildman–Crippen MR) is 95.7 cm³/mol. The van der Waals surface area contributed by atoms with Gasteiger partial charge in [-0.25, -0.2) is 9.50 Å². The number of rotatable bonds is 3. The largest absolute Gasteiger partial charge is 0.354 e. The Balaban J connectivity index is 1.45. The minimum Gasteiger partial charge on any atom is -0.354 e. The van der Waals surface area contributed by atoms with Crippen LogP contribution in [0.5, 0.6) is 0 Å². The molecule has 2 fully saturated rings. The van der Waals surface area contributed by atoms with Crippen molar-refractivity contribution in [2.45, 2.75) is 57.4 Å². The summed E-state index contributed by atoms with van der Waals surface area (Å²) in [6.45, 7) is 1.74. The molecule has 2 aliphatic carbocycles. The molecule has 0 spiro atoms. The van der Waals surface area contributed by atoms with Gasteiger partial charge in [0.25, 0.3) is 0 Å². The number of carbonyl (C=O) groups is 1. The zero-order valence-corrected chi connectivity index (χ0v) is 14.6. The standard InChI is InChI=1S/C19H25N5O/c25-19(21-14-7-8-14)13-4-3-10-23(12-13)18-17-15-5-1-2-6-16(15)22-24(17)11-9-20-18/h9,11,13-14H,1-8,10,12H2,(H,21,25). The van der Waals surface area contributed by atoms with Crippen molar-refractivity contribution in [3.8, 4) is 0 Å². The Morgan fingerprint density at radius 3 is 2.92 bits per heavy atom. The van der Waals surface area contributed by atoms with Gasteiger partial charge < -0.3 is 10.2 Å². The van der Waals surface area contributed by atoms with Crippen LogP contribution in [0.25, 0.3) is 5.52 Å². The molecule has 0 aromatic carbocycles. The highest BCUT2D eigenvalue weighted by atomic mass is 16.2. The number of hydrogen-bond acceptors (Lipinski definition) is 4. The second-order valence-electron chi connectivity index (χ2n) is 7.74. The molecule has 0 bridgehead atoms. The van der Waals surface area contributed by atoms with Crippen molar-refractivity contribution in [1.29, 1.82) is 0 Å². The van der Waals surface area contributed by atoms with Crippen LogP contribution >= 0.6 is 0 Å². The quantitative estimate of drug-likeness (QED) is 0.930. The molecule has 3 aliphatic rings. The second-order valence-corrected chi connectivity index (χ2v) is 7.74. The van der Waals surface area contributed by atoms with E-state index in [0.717, 1.165) is 57.4 Å². The first-order valence-electron chi connectivity index (χ1n) is 9.70. The molecule has 1 N–H and O–H groups in total. The third kappa shape index (κ3) is 2.77. The van der Waals surface area contributed by atoms with Gasteiger partial charge in [0, 0.05) is 37.1 Å². The van der Waals surface area contributed by atoms with Gasteiger partial charge >= 0.3 is 0 Å². The van der Waals surface area contributed by atoms with Crippen LogP contribution in [0.15, 0.2) is 12.4 Å². The summed E-state index contributed by atoms with van der Waals surface area (Å²) in [6, 6.07) is 0.436. The zero-order chi connectivity index (χ0) is 16.8. The summed E-state index contributed by atoms with van der Waals surface area (Å²) < 4.78 is 2.01.